The molecule has 126 valence electrons. The lowest BCUT2D eigenvalue weighted by atomic mass is 10.0. The van der Waals surface area contributed by atoms with Crippen molar-refractivity contribution in [3.63, 3.8) is 0 Å². The number of rotatable bonds is 5. The Labute approximate surface area is 135 Å². The molecule has 0 radical (unpaired) electrons. The van der Waals surface area contributed by atoms with E-state index in [9.17, 15) is 24.6 Å². The zero-order chi connectivity index (χ0) is 18.1. The van der Waals surface area contributed by atoms with Gasteiger partial charge in [0.2, 0.25) is 5.75 Å². The van der Waals surface area contributed by atoms with Crippen LogP contribution in [-0.4, -0.2) is 25.6 Å². The van der Waals surface area contributed by atoms with E-state index in [0.29, 0.717) is 0 Å². The number of carbonyl (C=O) groups is 1. The highest BCUT2D eigenvalue weighted by Gasteiger charge is 2.27. The maximum absolute atomic E-state index is 12.4. The van der Waals surface area contributed by atoms with Crippen molar-refractivity contribution >= 4 is 19.3 Å². The molecule has 0 saturated carbocycles. The van der Waals surface area contributed by atoms with Gasteiger partial charge in [0.15, 0.2) is 11.5 Å². The van der Waals surface area contributed by atoms with E-state index in [0.717, 1.165) is 17.7 Å². The van der Waals surface area contributed by atoms with Crippen molar-refractivity contribution in [2.24, 2.45) is 0 Å². The van der Waals surface area contributed by atoms with Crippen LogP contribution in [0.15, 0.2) is 36.4 Å². The van der Waals surface area contributed by atoms with Crippen molar-refractivity contribution in [3.05, 3.63) is 63.2 Å². The van der Waals surface area contributed by atoms with Crippen LogP contribution in [0.3, 0.4) is 0 Å². The fourth-order valence-corrected chi connectivity index (χ4v) is 2.33. The fourth-order valence-electron chi connectivity index (χ4n) is 1.93. The summed E-state index contributed by atoms with van der Waals surface area (Å²) in [4.78, 5) is 40.0. The van der Waals surface area contributed by atoms with Crippen LogP contribution in [0.25, 0.3) is 0 Å². The van der Waals surface area contributed by atoms with E-state index in [1.54, 1.807) is 12.1 Å². The lowest BCUT2D eigenvalue weighted by molar-refractivity contribution is -0.385. The molecule has 0 amide bonds. The zero-order valence-corrected chi connectivity index (χ0v) is 13.1. The van der Waals surface area contributed by atoms with E-state index in [1.165, 1.54) is 12.1 Å². The first kappa shape index (κ1) is 17.6. The van der Waals surface area contributed by atoms with E-state index >= 15 is 0 Å². The molecule has 24 heavy (non-hydrogen) atoms. The van der Waals surface area contributed by atoms with Crippen molar-refractivity contribution < 1.29 is 33.7 Å². The number of ketones is 1. The van der Waals surface area contributed by atoms with Crippen LogP contribution >= 0.6 is 7.82 Å². The molecule has 10 heteroatoms. The van der Waals surface area contributed by atoms with Crippen LogP contribution in [0, 0.1) is 17.0 Å². The van der Waals surface area contributed by atoms with E-state index in [1.807, 2.05) is 6.92 Å². The largest absolute Gasteiger partial charge is 0.524 e. The molecule has 2 aromatic carbocycles. The smallest absolute Gasteiger partial charge is 0.500 e. The number of hydrogen-bond acceptors (Lipinski definition) is 6. The number of phosphoric acid groups is 1. The molecule has 0 saturated heterocycles. The van der Waals surface area contributed by atoms with E-state index in [2.05, 4.69) is 4.52 Å². The Bertz CT molecular complexity index is 856. The van der Waals surface area contributed by atoms with Gasteiger partial charge in [0.25, 0.3) is 0 Å². The summed E-state index contributed by atoms with van der Waals surface area (Å²) in [5.41, 5.74) is -0.0558. The van der Waals surface area contributed by atoms with Gasteiger partial charge in [-0.15, -0.1) is 0 Å². The summed E-state index contributed by atoms with van der Waals surface area (Å²) in [5.74, 6) is -2.56. The summed E-state index contributed by atoms with van der Waals surface area (Å²) in [6.07, 6.45) is 0. The van der Waals surface area contributed by atoms with Crippen molar-refractivity contribution in [3.8, 4) is 11.5 Å². The maximum atomic E-state index is 12.4. The number of phosphoric ester groups is 1. The van der Waals surface area contributed by atoms with Gasteiger partial charge in [-0.2, -0.15) is 0 Å². The predicted molar refractivity (Wildman–Crippen MR) is 82.0 cm³/mol. The van der Waals surface area contributed by atoms with Gasteiger partial charge in [0.1, 0.15) is 0 Å². The first-order chi connectivity index (χ1) is 11.1. The molecule has 0 aromatic heterocycles. The molecule has 0 aliphatic carbocycles. The monoisotopic (exact) mass is 353 g/mol. The first-order valence-corrected chi connectivity index (χ1v) is 7.99. The van der Waals surface area contributed by atoms with Crippen LogP contribution in [0.5, 0.6) is 11.5 Å². The summed E-state index contributed by atoms with van der Waals surface area (Å²) < 4.78 is 15.2. The van der Waals surface area contributed by atoms with Crippen LogP contribution in [0.2, 0.25) is 0 Å². The molecule has 9 nitrogen and oxygen atoms in total. The zero-order valence-electron chi connectivity index (χ0n) is 12.2. The summed E-state index contributed by atoms with van der Waals surface area (Å²) in [7, 11) is -5.09. The van der Waals surface area contributed by atoms with E-state index in [4.69, 9.17) is 9.79 Å². The topological polar surface area (TPSA) is 147 Å². The van der Waals surface area contributed by atoms with Crippen molar-refractivity contribution in [1.82, 2.24) is 0 Å². The van der Waals surface area contributed by atoms with E-state index < -0.39 is 35.7 Å². The second-order valence-corrected chi connectivity index (χ2v) is 6.04. The third kappa shape index (κ3) is 3.96. The Hall–Kier alpha value is -2.74. The van der Waals surface area contributed by atoms with E-state index in [-0.39, 0.29) is 11.1 Å². The Morgan fingerprint density at radius 1 is 1.17 bits per heavy atom. The molecule has 0 bridgehead atoms. The summed E-state index contributed by atoms with van der Waals surface area (Å²) in [5, 5.41) is 20.7. The lowest BCUT2D eigenvalue weighted by Gasteiger charge is -2.10. The highest BCUT2D eigenvalue weighted by molar-refractivity contribution is 7.46. The molecular formula is C14H12NO8P. The third-order valence-corrected chi connectivity index (χ3v) is 3.48. The minimum Gasteiger partial charge on any atom is -0.500 e. The van der Waals surface area contributed by atoms with Crippen LogP contribution in [-0.2, 0) is 4.57 Å². The minimum atomic E-state index is -5.09. The Morgan fingerprint density at radius 2 is 1.75 bits per heavy atom. The Kier molecular flexibility index (Phi) is 4.70. The molecular weight excluding hydrogens is 341 g/mol. The second kappa shape index (κ2) is 6.40. The van der Waals surface area contributed by atoms with Gasteiger partial charge in [0, 0.05) is 17.2 Å². The molecule has 0 atom stereocenters. The second-order valence-electron chi connectivity index (χ2n) is 4.88. The molecule has 0 unspecified atom stereocenters. The average Bonchev–Trinajstić information content (AvgIpc) is 2.47. The normalized spacial score (nSPS) is 11.1. The fraction of sp³-hybridized carbons (Fsp3) is 0.0714. The van der Waals surface area contributed by atoms with Crippen LogP contribution < -0.4 is 4.52 Å². The molecule has 0 spiro atoms. The van der Waals surface area contributed by atoms with Crippen LogP contribution in [0.1, 0.15) is 21.5 Å². The number of nitro groups is 1. The molecule has 0 heterocycles. The Balaban J connectivity index is 2.57. The van der Waals surface area contributed by atoms with Gasteiger partial charge < -0.3 is 9.63 Å². The average molecular weight is 353 g/mol. The molecule has 0 fully saturated rings. The van der Waals surface area contributed by atoms with Crippen molar-refractivity contribution in [1.29, 1.82) is 0 Å². The quantitative estimate of drug-likeness (QED) is 0.321. The standard InChI is InChI=1S/C14H12NO8P/c1-8-2-4-9(5-3-8)13(16)10-6-11(15(18)19)14(17)12(7-10)23-24(20,21)22/h2-7,17H,1H3,(H2,20,21,22). The number of phenolic OH excluding ortho intramolecular Hbond substituents is 1. The molecule has 2 aromatic rings. The molecule has 0 aliphatic rings. The minimum absolute atomic E-state index is 0.211. The van der Waals surface area contributed by atoms with Crippen molar-refractivity contribution in [2.75, 3.05) is 0 Å². The van der Waals surface area contributed by atoms with Crippen LogP contribution in [0.4, 0.5) is 5.69 Å². The number of carbonyl (C=O) groups excluding carboxylic acids is 1. The van der Waals surface area contributed by atoms with Crippen molar-refractivity contribution in [2.45, 2.75) is 6.92 Å². The molecule has 0 aliphatic heterocycles. The lowest BCUT2D eigenvalue weighted by Crippen LogP contribution is -2.04. The number of benzene rings is 2. The number of nitro benzene ring substituents is 1. The van der Waals surface area contributed by atoms with Gasteiger partial charge in [-0.25, -0.2) is 4.57 Å². The number of phenols is 1. The SMILES string of the molecule is Cc1ccc(C(=O)c2cc(OP(=O)(O)O)c(O)c([N+](=O)[O-])c2)cc1. The number of hydrogen-bond donors (Lipinski definition) is 3. The highest BCUT2D eigenvalue weighted by Crippen LogP contribution is 2.45. The third-order valence-electron chi connectivity index (χ3n) is 3.04. The summed E-state index contributed by atoms with van der Waals surface area (Å²) in [6.45, 7) is 1.81. The molecule has 3 N–H and O–H groups in total. The maximum Gasteiger partial charge on any atom is 0.524 e. The van der Waals surface area contributed by atoms with Gasteiger partial charge in [-0.3, -0.25) is 24.7 Å². The molecule has 2 rings (SSSR count). The van der Waals surface area contributed by atoms with Gasteiger partial charge >= 0.3 is 13.5 Å². The summed E-state index contributed by atoms with van der Waals surface area (Å²) in [6, 6.07) is 7.97. The summed E-state index contributed by atoms with van der Waals surface area (Å²) >= 11 is 0. The number of nitrogens with zero attached hydrogens (tertiary/aromatic N) is 1. The number of aryl methyl sites for hydroxylation is 1. The van der Waals surface area contributed by atoms with Gasteiger partial charge in [-0.05, 0) is 13.0 Å². The Morgan fingerprint density at radius 3 is 2.25 bits per heavy atom. The highest BCUT2D eigenvalue weighted by atomic mass is 31.2. The predicted octanol–water partition coefficient (Wildman–Crippen LogP) is 2.31. The number of aromatic hydroxyl groups is 1. The first-order valence-electron chi connectivity index (χ1n) is 6.46. The van der Waals surface area contributed by atoms with Gasteiger partial charge in [-0.1, -0.05) is 29.8 Å². The van der Waals surface area contributed by atoms with Gasteiger partial charge in [0.05, 0.1) is 4.92 Å².